The standard InChI is InChI=1S/C23H27F3N6.HI/c1-3-21-31-30-16-32(21)12-11-27-22(29-15-19-9-5-4-7-17(19)2)28-14-18-8-6-10-20(13-18)23(24,25)26;/h4-10,13,16H,3,11-12,14-15H2,1-2H3,(H2,27,28,29);1H. The van der Waals surface area contributed by atoms with E-state index in [4.69, 9.17) is 0 Å². The number of nitrogens with one attached hydrogen (secondary N) is 2. The van der Waals surface area contributed by atoms with Crippen LogP contribution in [0.25, 0.3) is 0 Å². The average Bonchev–Trinajstić information content (AvgIpc) is 3.23. The smallest absolute Gasteiger partial charge is 0.355 e. The van der Waals surface area contributed by atoms with Gasteiger partial charge in [-0.25, -0.2) is 4.99 Å². The first kappa shape index (κ1) is 26.6. The van der Waals surface area contributed by atoms with E-state index in [9.17, 15) is 13.2 Å². The van der Waals surface area contributed by atoms with Crippen molar-refractivity contribution in [3.8, 4) is 0 Å². The van der Waals surface area contributed by atoms with Gasteiger partial charge in [-0.1, -0.05) is 43.3 Å². The molecule has 6 nitrogen and oxygen atoms in total. The van der Waals surface area contributed by atoms with Gasteiger partial charge in [-0.2, -0.15) is 13.2 Å². The summed E-state index contributed by atoms with van der Waals surface area (Å²) in [6.45, 7) is 5.92. The maximum absolute atomic E-state index is 13.0. The van der Waals surface area contributed by atoms with Crippen LogP contribution in [0.3, 0.4) is 0 Å². The summed E-state index contributed by atoms with van der Waals surface area (Å²) < 4.78 is 41.0. The number of aromatic nitrogens is 3. The van der Waals surface area contributed by atoms with Crippen LogP contribution in [-0.4, -0.2) is 27.3 Å². The van der Waals surface area contributed by atoms with Crippen molar-refractivity contribution >= 4 is 29.9 Å². The molecule has 3 aromatic rings. The predicted octanol–water partition coefficient (Wildman–Crippen LogP) is 4.72. The molecule has 0 saturated carbocycles. The van der Waals surface area contributed by atoms with E-state index in [0.717, 1.165) is 35.5 Å². The highest BCUT2D eigenvalue weighted by Crippen LogP contribution is 2.29. The van der Waals surface area contributed by atoms with E-state index in [1.54, 1.807) is 12.4 Å². The molecule has 0 spiro atoms. The van der Waals surface area contributed by atoms with Crippen molar-refractivity contribution in [2.75, 3.05) is 6.54 Å². The molecule has 0 aliphatic heterocycles. The first-order chi connectivity index (χ1) is 15.4. The number of alkyl halides is 3. The highest BCUT2D eigenvalue weighted by atomic mass is 127. The van der Waals surface area contributed by atoms with Crippen molar-refractivity contribution in [1.29, 1.82) is 0 Å². The van der Waals surface area contributed by atoms with Crippen LogP contribution in [0.15, 0.2) is 59.9 Å². The van der Waals surface area contributed by atoms with E-state index in [2.05, 4.69) is 25.8 Å². The van der Waals surface area contributed by atoms with Gasteiger partial charge in [-0.3, -0.25) is 0 Å². The maximum Gasteiger partial charge on any atom is 0.416 e. The maximum atomic E-state index is 13.0. The third-order valence-electron chi connectivity index (χ3n) is 5.04. The third kappa shape index (κ3) is 8.02. The fourth-order valence-corrected chi connectivity index (χ4v) is 3.21. The molecule has 178 valence electrons. The van der Waals surface area contributed by atoms with E-state index in [1.165, 1.54) is 6.07 Å². The van der Waals surface area contributed by atoms with Crippen molar-refractivity contribution in [2.24, 2.45) is 4.99 Å². The molecule has 2 N–H and O–H groups in total. The summed E-state index contributed by atoms with van der Waals surface area (Å²) in [6.07, 6.45) is -1.91. The minimum absolute atomic E-state index is 0. The molecule has 0 unspecified atom stereocenters. The van der Waals surface area contributed by atoms with Gasteiger partial charge in [0.2, 0.25) is 0 Å². The van der Waals surface area contributed by atoms with Gasteiger partial charge in [0.15, 0.2) is 5.96 Å². The number of rotatable bonds is 8. The number of aryl methyl sites for hydroxylation is 2. The minimum atomic E-state index is -4.38. The zero-order chi connectivity index (χ0) is 23.0. The van der Waals surface area contributed by atoms with Crippen LogP contribution in [-0.2, 0) is 32.2 Å². The van der Waals surface area contributed by atoms with Gasteiger partial charge >= 0.3 is 6.18 Å². The fraction of sp³-hybridized carbons (Fsp3) is 0.348. The summed E-state index contributed by atoms with van der Waals surface area (Å²) in [5.74, 6) is 1.42. The molecule has 0 atom stereocenters. The number of aliphatic imine (C=N–C) groups is 1. The Morgan fingerprint density at radius 3 is 2.61 bits per heavy atom. The highest BCUT2D eigenvalue weighted by molar-refractivity contribution is 14.0. The van der Waals surface area contributed by atoms with Crippen LogP contribution in [0.4, 0.5) is 13.2 Å². The first-order valence-electron chi connectivity index (χ1n) is 10.5. The SMILES string of the molecule is CCc1nncn1CCNC(=NCc1cccc(C(F)(F)F)c1)NCc1ccccc1C.I. The van der Waals surface area contributed by atoms with Crippen molar-refractivity contribution in [3.63, 3.8) is 0 Å². The minimum Gasteiger partial charge on any atom is -0.355 e. The van der Waals surface area contributed by atoms with Crippen LogP contribution in [0.2, 0.25) is 0 Å². The Kier molecular flexibility index (Phi) is 10.1. The quantitative estimate of drug-likeness (QED) is 0.233. The Bertz CT molecular complexity index is 1050. The van der Waals surface area contributed by atoms with E-state index >= 15 is 0 Å². The summed E-state index contributed by atoms with van der Waals surface area (Å²) in [7, 11) is 0. The summed E-state index contributed by atoms with van der Waals surface area (Å²) in [6, 6.07) is 13.2. The van der Waals surface area contributed by atoms with E-state index in [1.807, 2.05) is 42.7 Å². The molecule has 0 bridgehead atoms. The van der Waals surface area contributed by atoms with Gasteiger partial charge < -0.3 is 15.2 Å². The van der Waals surface area contributed by atoms with E-state index in [0.29, 0.717) is 31.2 Å². The van der Waals surface area contributed by atoms with Crippen LogP contribution < -0.4 is 10.6 Å². The van der Waals surface area contributed by atoms with Crippen LogP contribution in [0.1, 0.15) is 35.0 Å². The van der Waals surface area contributed by atoms with Gasteiger partial charge in [0.25, 0.3) is 0 Å². The topological polar surface area (TPSA) is 67.1 Å². The Balaban J connectivity index is 0.00000385. The Morgan fingerprint density at radius 1 is 1.09 bits per heavy atom. The molecule has 3 rings (SSSR count). The number of guanidine groups is 1. The second kappa shape index (κ2) is 12.6. The van der Waals surface area contributed by atoms with Crippen molar-refractivity contribution in [3.05, 3.63) is 82.9 Å². The molecular weight excluding hydrogens is 544 g/mol. The molecule has 0 amide bonds. The lowest BCUT2D eigenvalue weighted by Gasteiger charge is -2.15. The molecule has 2 aromatic carbocycles. The average molecular weight is 572 g/mol. The summed E-state index contributed by atoms with van der Waals surface area (Å²) in [5, 5.41) is 14.5. The monoisotopic (exact) mass is 572 g/mol. The van der Waals surface area contributed by atoms with Gasteiger partial charge in [0.1, 0.15) is 12.2 Å². The van der Waals surface area contributed by atoms with Crippen LogP contribution in [0.5, 0.6) is 0 Å². The van der Waals surface area contributed by atoms with Gasteiger partial charge in [0, 0.05) is 26.1 Å². The van der Waals surface area contributed by atoms with Crippen molar-refractivity contribution in [1.82, 2.24) is 25.4 Å². The van der Waals surface area contributed by atoms with Crippen LogP contribution in [0, 0.1) is 6.92 Å². The number of hydrogen-bond donors (Lipinski definition) is 2. The first-order valence-corrected chi connectivity index (χ1v) is 10.5. The largest absolute Gasteiger partial charge is 0.416 e. The molecule has 10 heteroatoms. The number of nitrogens with zero attached hydrogens (tertiary/aromatic N) is 4. The molecule has 0 fully saturated rings. The Hall–Kier alpha value is -2.63. The molecule has 1 aromatic heterocycles. The molecule has 0 aliphatic rings. The zero-order valence-electron chi connectivity index (χ0n) is 18.6. The number of halogens is 4. The second-order valence-corrected chi connectivity index (χ2v) is 7.36. The van der Waals surface area contributed by atoms with Crippen molar-refractivity contribution in [2.45, 2.75) is 46.1 Å². The lowest BCUT2D eigenvalue weighted by atomic mass is 10.1. The van der Waals surface area contributed by atoms with Crippen molar-refractivity contribution < 1.29 is 13.2 Å². The molecule has 0 aliphatic carbocycles. The lowest BCUT2D eigenvalue weighted by Crippen LogP contribution is -2.38. The van der Waals surface area contributed by atoms with E-state index in [-0.39, 0.29) is 30.5 Å². The molecule has 1 heterocycles. The lowest BCUT2D eigenvalue weighted by molar-refractivity contribution is -0.137. The predicted molar refractivity (Wildman–Crippen MR) is 133 cm³/mol. The summed E-state index contributed by atoms with van der Waals surface area (Å²) in [4.78, 5) is 4.51. The number of benzene rings is 2. The zero-order valence-corrected chi connectivity index (χ0v) is 20.9. The molecular formula is C23H28F3IN6. The third-order valence-corrected chi connectivity index (χ3v) is 5.04. The van der Waals surface area contributed by atoms with Gasteiger partial charge in [0.05, 0.1) is 12.1 Å². The fourth-order valence-electron chi connectivity index (χ4n) is 3.21. The van der Waals surface area contributed by atoms with Gasteiger partial charge in [-0.15, -0.1) is 34.2 Å². The number of hydrogen-bond acceptors (Lipinski definition) is 3. The molecule has 33 heavy (non-hydrogen) atoms. The summed E-state index contributed by atoms with van der Waals surface area (Å²) >= 11 is 0. The van der Waals surface area contributed by atoms with Gasteiger partial charge in [-0.05, 0) is 35.7 Å². The van der Waals surface area contributed by atoms with E-state index < -0.39 is 11.7 Å². The molecule has 0 saturated heterocycles. The van der Waals surface area contributed by atoms with Crippen LogP contribution >= 0.6 is 24.0 Å². The normalized spacial score (nSPS) is 11.7. The Morgan fingerprint density at radius 2 is 1.88 bits per heavy atom. The highest BCUT2D eigenvalue weighted by Gasteiger charge is 2.30. The molecule has 0 radical (unpaired) electrons. The Labute approximate surface area is 208 Å². The summed E-state index contributed by atoms with van der Waals surface area (Å²) in [5.41, 5.74) is 2.08. The second-order valence-electron chi connectivity index (χ2n) is 7.36.